The predicted molar refractivity (Wildman–Crippen MR) is 52.5 cm³/mol. The summed E-state index contributed by atoms with van der Waals surface area (Å²) < 4.78 is -0.794. The van der Waals surface area contributed by atoms with Crippen LogP contribution in [-0.4, -0.2) is 19.9 Å². The number of alkyl halides is 1. The second-order valence-electron chi connectivity index (χ2n) is 4.47. The van der Waals surface area contributed by atoms with Gasteiger partial charge in [0, 0.05) is 10.8 Å². The van der Waals surface area contributed by atoms with Crippen LogP contribution in [0.4, 0.5) is 0 Å². The molecule has 0 aliphatic heterocycles. The van der Waals surface area contributed by atoms with Gasteiger partial charge in [0.1, 0.15) is 3.61 Å². The van der Waals surface area contributed by atoms with Gasteiger partial charge in [-0.2, -0.15) is 0 Å². The molecule has 0 aromatic heterocycles. The molecule has 2 nitrogen and oxygen atoms in total. The molecule has 0 spiro atoms. The van der Waals surface area contributed by atoms with Gasteiger partial charge in [0.25, 0.3) is 0 Å². The number of aliphatic hydroxyl groups excluding tert-OH is 1. The van der Waals surface area contributed by atoms with Gasteiger partial charge in [0.15, 0.2) is 0 Å². The number of rotatable bonds is 0. The summed E-state index contributed by atoms with van der Waals surface area (Å²) in [6, 6.07) is 0. The zero-order chi connectivity index (χ0) is 9.08. The Balaban J connectivity index is 2.98. The molecule has 1 aliphatic rings. The van der Waals surface area contributed by atoms with Crippen LogP contribution >= 0.6 is 22.6 Å². The highest BCUT2D eigenvalue weighted by molar-refractivity contribution is 14.1. The summed E-state index contributed by atoms with van der Waals surface area (Å²) in [4.78, 5) is 0. The highest BCUT2D eigenvalue weighted by Crippen LogP contribution is 2.64. The van der Waals surface area contributed by atoms with Crippen molar-refractivity contribution >= 4 is 22.6 Å². The van der Waals surface area contributed by atoms with Crippen molar-refractivity contribution in [3.63, 3.8) is 0 Å². The molecule has 0 radical (unpaired) electrons. The minimum atomic E-state index is -0.794. The van der Waals surface area contributed by atoms with Crippen molar-refractivity contribution < 1.29 is 10.2 Å². The summed E-state index contributed by atoms with van der Waals surface area (Å²) in [7, 11) is 0. The molecule has 2 N–H and O–H groups in total. The lowest BCUT2D eigenvalue weighted by Gasteiger charge is -2.64. The van der Waals surface area contributed by atoms with E-state index in [1.807, 2.05) is 50.3 Å². The van der Waals surface area contributed by atoms with Crippen LogP contribution in [0.2, 0.25) is 0 Å². The van der Waals surface area contributed by atoms with E-state index in [1.54, 1.807) is 0 Å². The fourth-order valence-corrected chi connectivity index (χ4v) is 2.61. The lowest BCUT2D eigenvalue weighted by Crippen LogP contribution is -2.73. The van der Waals surface area contributed by atoms with E-state index in [1.165, 1.54) is 0 Å². The van der Waals surface area contributed by atoms with Crippen molar-refractivity contribution in [2.75, 3.05) is 0 Å². The summed E-state index contributed by atoms with van der Waals surface area (Å²) in [6.07, 6.45) is -0.420. The summed E-state index contributed by atoms with van der Waals surface area (Å²) >= 11 is 2.02. The van der Waals surface area contributed by atoms with Gasteiger partial charge in [-0.1, -0.05) is 27.7 Å². The number of aliphatic hydroxyl groups is 2. The third kappa shape index (κ3) is 0.848. The first-order valence-corrected chi connectivity index (χ1v) is 4.83. The van der Waals surface area contributed by atoms with Crippen molar-refractivity contribution in [2.24, 2.45) is 10.8 Å². The van der Waals surface area contributed by atoms with E-state index in [9.17, 15) is 10.2 Å². The first-order chi connectivity index (χ1) is 4.65. The van der Waals surface area contributed by atoms with Crippen LogP contribution in [0.3, 0.4) is 0 Å². The maximum atomic E-state index is 9.97. The van der Waals surface area contributed by atoms with Gasteiger partial charge < -0.3 is 10.2 Å². The highest BCUT2D eigenvalue weighted by atomic mass is 127. The first kappa shape index (κ1) is 9.74. The fraction of sp³-hybridized carbons (Fsp3) is 1.00. The van der Waals surface area contributed by atoms with Crippen molar-refractivity contribution in [1.29, 1.82) is 0 Å². The van der Waals surface area contributed by atoms with Gasteiger partial charge >= 0.3 is 0 Å². The van der Waals surface area contributed by atoms with Crippen LogP contribution < -0.4 is 0 Å². The van der Waals surface area contributed by atoms with Crippen LogP contribution in [0.1, 0.15) is 27.7 Å². The predicted octanol–water partition coefficient (Wildman–Crippen LogP) is 1.54. The Kier molecular flexibility index (Phi) is 1.87. The molecular weight excluding hydrogens is 255 g/mol. The molecule has 0 saturated heterocycles. The molecule has 0 bridgehead atoms. The lowest BCUT2D eigenvalue weighted by atomic mass is 9.51. The normalized spacial score (nSPS) is 46.6. The smallest absolute Gasteiger partial charge is 0.130 e. The third-order valence-corrected chi connectivity index (χ3v) is 5.86. The van der Waals surface area contributed by atoms with E-state index in [-0.39, 0.29) is 0 Å². The molecule has 1 saturated carbocycles. The average Bonchev–Trinajstić information content (AvgIpc) is 1.84. The van der Waals surface area contributed by atoms with Crippen LogP contribution in [0, 0.1) is 10.8 Å². The Morgan fingerprint density at radius 1 is 1.09 bits per heavy atom. The summed E-state index contributed by atoms with van der Waals surface area (Å²) in [5.74, 6) is 0. The Bertz CT molecular complexity index is 167. The van der Waals surface area contributed by atoms with E-state index < -0.39 is 20.5 Å². The molecule has 1 aliphatic carbocycles. The van der Waals surface area contributed by atoms with Crippen molar-refractivity contribution in [3.05, 3.63) is 0 Å². The Morgan fingerprint density at radius 2 is 1.36 bits per heavy atom. The monoisotopic (exact) mass is 270 g/mol. The average molecular weight is 270 g/mol. The zero-order valence-corrected chi connectivity index (χ0v) is 9.51. The molecule has 3 heteroatoms. The van der Waals surface area contributed by atoms with Gasteiger partial charge in [0.2, 0.25) is 0 Å². The van der Waals surface area contributed by atoms with Gasteiger partial charge in [-0.25, -0.2) is 0 Å². The third-order valence-electron chi connectivity index (χ3n) is 3.07. The van der Waals surface area contributed by atoms with Crippen molar-refractivity contribution in [3.8, 4) is 0 Å². The molecule has 0 aromatic rings. The standard InChI is InChI=1S/C8H15IO2/c1-6(2)5(10)7(3,4)8(6,9)11/h5,10-11H,1-4H3. The topological polar surface area (TPSA) is 40.5 Å². The second kappa shape index (κ2) is 2.12. The number of hydrogen-bond acceptors (Lipinski definition) is 2. The SMILES string of the molecule is CC1(C)C(O)C(C)(C)C1(O)I. The minimum absolute atomic E-state index is 0.392. The van der Waals surface area contributed by atoms with E-state index in [0.29, 0.717) is 0 Å². The zero-order valence-electron chi connectivity index (χ0n) is 7.35. The molecule has 1 rings (SSSR count). The Morgan fingerprint density at radius 3 is 1.45 bits per heavy atom. The number of halogens is 1. The highest BCUT2D eigenvalue weighted by Gasteiger charge is 2.70. The van der Waals surface area contributed by atoms with Crippen LogP contribution in [0.5, 0.6) is 0 Å². The minimum Gasteiger partial charge on any atom is -0.392 e. The van der Waals surface area contributed by atoms with Gasteiger partial charge in [-0.15, -0.1) is 0 Å². The molecule has 0 aromatic carbocycles. The summed E-state index contributed by atoms with van der Waals surface area (Å²) in [5, 5.41) is 19.6. The molecule has 0 amide bonds. The fourth-order valence-electron chi connectivity index (χ4n) is 2.02. The number of hydrogen-bond donors (Lipinski definition) is 2. The van der Waals surface area contributed by atoms with Crippen LogP contribution in [-0.2, 0) is 0 Å². The van der Waals surface area contributed by atoms with Crippen LogP contribution in [0.15, 0.2) is 0 Å². The van der Waals surface area contributed by atoms with Crippen molar-refractivity contribution in [2.45, 2.75) is 37.4 Å². The van der Waals surface area contributed by atoms with E-state index in [2.05, 4.69) is 0 Å². The van der Waals surface area contributed by atoms with Gasteiger partial charge in [0.05, 0.1) is 6.10 Å². The summed E-state index contributed by atoms with van der Waals surface area (Å²) in [5.41, 5.74) is -0.784. The Labute approximate surface area is 81.1 Å². The largest absolute Gasteiger partial charge is 0.392 e. The van der Waals surface area contributed by atoms with E-state index in [4.69, 9.17) is 0 Å². The van der Waals surface area contributed by atoms with E-state index in [0.717, 1.165) is 0 Å². The maximum absolute atomic E-state index is 9.97. The first-order valence-electron chi connectivity index (χ1n) is 3.75. The second-order valence-corrected chi connectivity index (χ2v) is 6.03. The van der Waals surface area contributed by atoms with Crippen LogP contribution in [0.25, 0.3) is 0 Å². The molecule has 11 heavy (non-hydrogen) atoms. The maximum Gasteiger partial charge on any atom is 0.130 e. The van der Waals surface area contributed by atoms with Crippen molar-refractivity contribution in [1.82, 2.24) is 0 Å². The van der Waals surface area contributed by atoms with E-state index >= 15 is 0 Å². The summed E-state index contributed by atoms with van der Waals surface area (Å²) in [6.45, 7) is 7.54. The lowest BCUT2D eigenvalue weighted by molar-refractivity contribution is -0.258. The Hall–Kier alpha value is 0.650. The molecule has 1 fully saturated rings. The molecule has 0 unspecified atom stereocenters. The molecule has 66 valence electrons. The van der Waals surface area contributed by atoms with Gasteiger partial charge in [-0.3, -0.25) is 0 Å². The van der Waals surface area contributed by atoms with Gasteiger partial charge in [-0.05, 0) is 22.6 Å². The quantitative estimate of drug-likeness (QED) is 0.517. The molecular formula is C8H15IO2. The molecule has 0 atom stereocenters. The molecule has 0 heterocycles.